The summed E-state index contributed by atoms with van der Waals surface area (Å²) in [7, 11) is 0. The summed E-state index contributed by atoms with van der Waals surface area (Å²) >= 11 is 0. The van der Waals surface area contributed by atoms with Crippen LogP contribution in [0.2, 0.25) is 0 Å². The molecule has 0 bridgehead atoms. The van der Waals surface area contributed by atoms with Crippen molar-refractivity contribution < 1.29 is 0 Å². The fourth-order valence-electron chi connectivity index (χ4n) is 4.27. The Hall–Kier alpha value is -2.29. The molecule has 2 aliphatic rings. The van der Waals surface area contributed by atoms with E-state index in [1.807, 2.05) is 6.20 Å². The van der Waals surface area contributed by atoms with Crippen LogP contribution in [0, 0.1) is 20.8 Å². The van der Waals surface area contributed by atoms with E-state index in [2.05, 4.69) is 67.2 Å². The standard InChI is InChI=1S/C22H27N3/c1-16-7-6-8-17(2)22(16)20-13-18(3)21(14-23-20)25-12-11-24(15-25)19-9-4-5-10-19/h6-8,11-14,19H,4-5,9-10,15H2,1-3H3. The van der Waals surface area contributed by atoms with Crippen LogP contribution in [0.5, 0.6) is 0 Å². The molecule has 1 saturated carbocycles. The summed E-state index contributed by atoms with van der Waals surface area (Å²) in [5, 5.41) is 0. The molecule has 0 saturated heterocycles. The van der Waals surface area contributed by atoms with Gasteiger partial charge in [-0.25, -0.2) is 0 Å². The zero-order valence-corrected chi connectivity index (χ0v) is 15.5. The highest BCUT2D eigenvalue weighted by molar-refractivity contribution is 5.70. The van der Waals surface area contributed by atoms with Gasteiger partial charge in [0.1, 0.15) is 0 Å². The summed E-state index contributed by atoms with van der Waals surface area (Å²) in [4.78, 5) is 9.62. The van der Waals surface area contributed by atoms with Crippen LogP contribution >= 0.6 is 0 Å². The largest absolute Gasteiger partial charge is 0.355 e. The van der Waals surface area contributed by atoms with Gasteiger partial charge in [-0.3, -0.25) is 4.98 Å². The molecule has 1 aromatic heterocycles. The van der Waals surface area contributed by atoms with Gasteiger partial charge in [0.2, 0.25) is 0 Å². The first kappa shape index (κ1) is 16.2. The maximum Gasteiger partial charge on any atom is 0.0945 e. The molecule has 2 aromatic rings. The Morgan fingerprint density at radius 1 is 0.960 bits per heavy atom. The first-order chi connectivity index (χ1) is 12.1. The fraction of sp³-hybridized carbons (Fsp3) is 0.409. The molecule has 0 unspecified atom stereocenters. The van der Waals surface area contributed by atoms with E-state index in [-0.39, 0.29) is 0 Å². The van der Waals surface area contributed by atoms with Gasteiger partial charge in [0.05, 0.1) is 24.2 Å². The molecule has 1 fully saturated rings. The van der Waals surface area contributed by atoms with Gasteiger partial charge in [0, 0.05) is 24.0 Å². The number of hydrogen-bond acceptors (Lipinski definition) is 3. The van der Waals surface area contributed by atoms with E-state index in [1.165, 1.54) is 53.6 Å². The van der Waals surface area contributed by atoms with Gasteiger partial charge in [-0.05, 0) is 56.4 Å². The van der Waals surface area contributed by atoms with Crippen LogP contribution in [0.15, 0.2) is 42.9 Å². The maximum absolute atomic E-state index is 4.80. The minimum Gasteiger partial charge on any atom is -0.355 e. The van der Waals surface area contributed by atoms with Crippen molar-refractivity contribution in [3.8, 4) is 11.3 Å². The molecule has 0 radical (unpaired) electrons. The Morgan fingerprint density at radius 3 is 2.36 bits per heavy atom. The molecule has 2 heterocycles. The van der Waals surface area contributed by atoms with E-state index in [1.54, 1.807) is 0 Å². The lowest BCUT2D eigenvalue weighted by Gasteiger charge is -2.27. The first-order valence-electron chi connectivity index (χ1n) is 9.37. The van der Waals surface area contributed by atoms with E-state index in [9.17, 15) is 0 Å². The number of rotatable bonds is 3. The molecule has 130 valence electrons. The van der Waals surface area contributed by atoms with Crippen molar-refractivity contribution in [1.29, 1.82) is 0 Å². The summed E-state index contributed by atoms with van der Waals surface area (Å²) in [6.07, 6.45) is 11.9. The Kier molecular flexibility index (Phi) is 4.24. The van der Waals surface area contributed by atoms with Gasteiger partial charge in [0.15, 0.2) is 0 Å². The smallest absolute Gasteiger partial charge is 0.0945 e. The van der Waals surface area contributed by atoms with Crippen molar-refractivity contribution in [2.24, 2.45) is 0 Å². The lowest BCUT2D eigenvalue weighted by atomic mass is 9.98. The van der Waals surface area contributed by atoms with Crippen molar-refractivity contribution in [1.82, 2.24) is 9.88 Å². The fourth-order valence-corrected chi connectivity index (χ4v) is 4.27. The minimum absolute atomic E-state index is 0.725. The van der Waals surface area contributed by atoms with Crippen LogP contribution in [0.1, 0.15) is 42.4 Å². The third-order valence-corrected chi connectivity index (χ3v) is 5.68. The highest BCUT2D eigenvalue weighted by atomic mass is 15.4. The van der Waals surface area contributed by atoms with Gasteiger partial charge in [-0.2, -0.15) is 0 Å². The number of pyridine rings is 1. The summed E-state index contributed by atoms with van der Waals surface area (Å²) in [6, 6.07) is 9.40. The quantitative estimate of drug-likeness (QED) is 0.773. The van der Waals surface area contributed by atoms with E-state index < -0.39 is 0 Å². The second kappa shape index (κ2) is 6.55. The summed E-state index contributed by atoms with van der Waals surface area (Å²) < 4.78 is 0. The Labute approximate surface area is 151 Å². The number of anilines is 1. The summed E-state index contributed by atoms with van der Waals surface area (Å²) in [5.41, 5.74) is 7.41. The molecule has 0 spiro atoms. The molecular formula is C22H27N3. The van der Waals surface area contributed by atoms with E-state index in [0.717, 1.165) is 18.4 Å². The number of aromatic nitrogens is 1. The third kappa shape index (κ3) is 3.04. The van der Waals surface area contributed by atoms with E-state index in [0.29, 0.717) is 0 Å². The van der Waals surface area contributed by atoms with Gasteiger partial charge in [0.25, 0.3) is 0 Å². The molecule has 0 N–H and O–H groups in total. The highest BCUT2D eigenvalue weighted by Gasteiger charge is 2.25. The monoisotopic (exact) mass is 333 g/mol. The lowest BCUT2D eigenvalue weighted by molar-refractivity contribution is 0.301. The lowest BCUT2D eigenvalue weighted by Crippen LogP contribution is -2.32. The van der Waals surface area contributed by atoms with Gasteiger partial charge < -0.3 is 9.80 Å². The van der Waals surface area contributed by atoms with Crippen LogP contribution in [0.3, 0.4) is 0 Å². The van der Waals surface area contributed by atoms with Crippen LogP contribution in [-0.4, -0.2) is 22.6 Å². The Balaban J connectivity index is 1.58. The molecule has 0 amide bonds. The molecule has 1 aliphatic carbocycles. The first-order valence-corrected chi connectivity index (χ1v) is 9.37. The van der Waals surface area contributed by atoms with E-state index >= 15 is 0 Å². The maximum atomic E-state index is 4.80. The molecule has 4 rings (SSSR count). The highest BCUT2D eigenvalue weighted by Crippen LogP contribution is 2.32. The van der Waals surface area contributed by atoms with Crippen molar-refractivity contribution in [3.05, 3.63) is 59.6 Å². The van der Waals surface area contributed by atoms with E-state index in [4.69, 9.17) is 4.98 Å². The van der Waals surface area contributed by atoms with Crippen LogP contribution in [-0.2, 0) is 0 Å². The molecule has 3 nitrogen and oxygen atoms in total. The molecule has 3 heteroatoms. The average Bonchev–Trinajstić information content (AvgIpc) is 3.26. The average molecular weight is 333 g/mol. The van der Waals surface area contributed by atoms with Gasteiger partial charge >= 0.3 is 0 Å². The van der Waals surface area contributed by atoms with Crippen molar-refractivity contribution in [2.75, 3.05) is 11.6 Å². The Morgan fingerprint density at radius 2 is 1.68 bits per heavy atom. The number of nitrogens with zero attached hydrogens (tertiary/aromatic N) is 3. The second-order valence-corrected chi connectivity index (χ2v) is 7.48. The van der Waals surface area contributed by atoms with Crippen LogP contribution in [0.25, 0.3) is 11.3 Å². The normalized spacial score (nSPS) is 17.7. The molecular weight excluding hydrogens is 306 g/mol. The second-order valence-electron chi connectivity index (χ2n) is 7.48. The molecule has 0 atom stereocenters. The predicted octanol–water partition coefficient (Wildman–Crippen LogP) is 5.17. The third-order valence-electron chi connectivity index (χ3n) is 5.68. The van der Waals surface area contributed by atoms with Crippen LogP contribution < -0.4 is 4.90 Å². The molecule has 25 heavy (non-hydrogen) atoms. The number of hydrogen-bond donors (Lipinski definition) is 0. The van der Waals surface area contributed by atoms with Crippen LogP contribution in [0.4, 0.5) is 5.69 Å². The SMILES string of the molecule is Cc1cc(-c2c(C)cccc2C)ncc1N1C=CN(C2CCCC2)C1. The van der Waals surface area contributed by atoms with Gasteiger partial charge in [-0.15, -0.1) is 0 Å². The minimum atomic E-state index is 0.725. The summed E-state index contributed by atoms with van der Waals surface area (Å²) in [5.74, 6) is 0. The molecule has 1 aliphatic heterocycles. The van der Waals surface area contributed by atoms with Crippen molar-refractivity contribution in [2.45, 2.75) is 52.5 Å². The molecule has 1 aromatic carbocycles. The number of aryl methyl sites for hydroxylation is 3. The van der Waals surface area contributed by atoms with Gasteiger partial charge in [-0.1, -0.05) is 31.0 Å². The van der Waals surface area contributed by atoms with Crippen molar-refractivity contribution >= 4 is 5.69 Å². The predicted molar refractivity (Wildman–Crippen MR) is 104 cm³/mol. The topological polar surface area (TPSA) is 19.4 Å². The zero-order valence-electron chi connectivity index (χ0n) is 15.5. The summed E-state index contributed by atoms with van der Waals surface area (Å²) in [6.45, 7) is 7.47. The Bertz CT molecular complexity index is 783. The van der Waals surface area contributed by atoms with Crippen molar-refractivity contribution in [3.63, 3.8) is 0 Å². The zero-order chi connectivity index (χ0) is 17.4. The number of benzene rings is 1.